The van der Waals surface area contributed by atoms with Gasteiger partial charge in [-0.05, 0) is 6.42 Å². The van der Waals surface area contributed by atoms with Gasteiger partial charge in [0.05, 0.1) is 25.2 Å². The van der Waals surface area contributed by atoms with Gasteiger partial charge < -0.3 is 19.7 Å². The van der Waals surface area contributed by atoms with Gasteiger partial charge in [-0.1, -0.05) is 13.3 Å². The lowest BCUT2D eigenvalue weighted by Gasteiger charge is -2.21. The van der Waals surface area contributed by atoms with Crippen molar-refractivity contribution in [2.24, 2.45) is 5.92 Å². The molecule has 0 aliphatic carbocycles. The third-order valence-corrected chi connectivity index (χ3v) is 2.95. The van der Waals surface area contributed by atoms with E-state index in [0.29, 0.717) is 6.61 Å². The molecule has 1 unspecified atom stereocenters. The number of rotatable bonds is 2. The normalized spacial score (nSPS) is 49.6. The van der Waals surface area contributed by atoms with Crippen molar-refractivity contribution in [1.82, 2.24) is 0 Å². The zero-order valence-electron chi connectivity index (χ0n) is 7.77. The van der Waals surface area contributed by atoms with Crippen molar-refractivity contribution in [3.63, 3.8) is 0 Å². The van der Waals surface area contributed by atoms with Crippen LogP contribution in [0.15, 0.2) is 0 Å². The smallest absolute Gasteiger partial charge is 0.162 e. The van der Waals surface area contributed by atoms with Gasteiger partial charge in [0.1, 0.15) is 5.60 Å². The molecule has 0 spiro atoms. The molecule has 0 amide bonds. The van der Waals surface area contributed by atoms with Crippen LogP contribution in [0, 0.1) is 5.92 Å². The maximum Gasteiger partial charge on any atom is 0.162 e. The Morgan fingerprint density at radius 3 is 2.77 bits per heavy atom. The van der Waals surface area contributed by atoms with E-state index in [1.807, 2.05) is 0 Å². The molecular weight excluding hydrogens is 172 g/mol. The lowest BCUT2D eigenvalue weighted by atomic mass is 9.87. The lowest BCUT2D eigenvalue weighted by molar-refractivity contribution is -0.109. The first-order valence-electron chi connectivity index (χ1n) is 4.81. The fourth-order valence-corrected chi connectivity index (χ4v) is 2.26. The Bertz CT molecular complexity index is 196. The molecule has 4 nitrogen and oxygen atoms in total. The Hall–Kier alpha value is -0.160. The molecule has 0 aromatic carbocycles. The number of ether oxygens (including phenoxy) is 2. The summed E-state index contributed by atoms with van der Waals surface area (Å²) in [5, 5.41) is 19.5. The van der Waals surface area contributed by atoms with Gasteiger partial charge in [-0.25, -0.2) is 0 Å². The van der Waals surface area contributed by atoms with Crippen molar-refractivity contribution in [1.29, 1.82) is 0 Å². The molecule has 2 saturated heterocycles. The molecule has 4 atom stereocenters. The largest absolute Gasteiger partial charge is 0.384 e. The summed E-state index contributed by atoms with van der Waals surface area (Å²) in [5.74, 6) is -0.257. The predicted molar refractivity (Wildman–Crippen MR) is 45.0 cm³/mol. The SMILES string of the molecule is CCC[C@@H]1OC[C@@]2(O)COC(O)[C@@H]12. The van der Waals surface area contributed by atoms with Crippen LogP contribution in [0.5, 0.6) is 0 Å². The first-order valence-corrected chi connectivity index (χ1v) is 4.81. The van der Waals surface area contributed by atoms with Crippen LogP contribution in [0.25, 0.3) is 0 Å². The molecule has 2 heterocycles. The van der Waals surface area contributed by atoms with Crippen LogP contribution in [0.2, 0.25) is 0 Å². The van der Waals surface area contributed by atoms with Crippen LogP contribution in [0.3, 0.4) is 0 Å². The van der Waals surface area contributed by atoms with Crippen LogP contribution in [0.4, 0.5) is 0 Å². The monoisotopic (exact) mass is 188 g/mol. The summed E-state index contributed by atoms with van der Waals surface area (Å²) < 4.78 is 10.5. The highest BCUT2D eigenvalue weighted by molar-refractivity contribution is 5.01. The highest BCUT2D eigenvalue weighted by atomic mass is 16.6. The first kappa shape index (κ1) is 9.40. The number of fused-ring (bicyclic) bond motifs is 1. The Morgan fingerprint density at radius 2 is 2.08 bits per heavy atom. The van der Waals surface area contributed by atoms with Gasteiger partial charge in [0, 0.05) is 0 Å². The summed E-state index contributed by atoms with van der Waals surface area (Å²) >= 11 is 0. The van der Waals surface area contributed by atoms with E-state index < -0.39 is 11.9 Å². The van der Waals surface area contributed by atoms with E-state index in [1.165, 1.54) is 0 Å². The van der Waals surface area contributed by atoms with E-state index >= 15 is 0 Å². The van der Waals surface area contributed by atoms with E-state index in [1.54, 1.807) is 0 Å². The van der Waals surface area contributed by atoms with Crippen LogP contribution >= 0.6 is 0 Å². The average molecular weight is 188 g/mol. The second-order valence-electron chi connectivity index (χ2n) is 3.97. The summed E-state index contributed by atoms with van der Waals surface area (Å²) in [6.45, 7) is 2.54. The molecule has 0 aromatic rings. The molecule has 13 heavy (non-hydrogen) atoms. The molecule has 4 heteroatoms. The molecule has 2 N–H and O–H groups in total. The van der Waals surface area contributed by atoms with E-state index in [2.05, 4.69) is 6.92 Å². The molecule has 2 aliphatic rings. The molecule has 0 bridgehead atoms. The van der Waals surface area contributed by atoms with Gasteiger partial charge in [0.15, 0.2) is 6.29 Å². The van der Waals surface area contributed by atoms with Crippen LogP contribution in [-0.2, 0) is 9.47 Å². The van der Waals surface area contributed by atoms with Crippen LogP contribution < -0.4 is 0 Å². The maximum absolute atomic E-state index is 9.99. The van der Waals surface area contributed by atoms with Gasteiger partial charge >= 0.3 is 0 Å². The van der Waals surface area contributed by atoms with Crippen molar-refractivity contribution < 1.29 is 19.7 Å². The molecular formula is C9H16O4. The number of hydrogen-bond acceptors (Lipinski definition) is 4. The molecule has 0 saturated carbocycles. The molecule has 0 radical (unpaired) electrons. The summed E-state index contributed by atoms with van der Waals surface area (Å²) in [5.41, 5.74) is -0.945. The van der Waals surface area contributed by atoms with E-state index in [0.717, 1.165) is 12.8 Å². The Balaban J connectivity index is 2.10. The van der Waals surface area contributed by atoms with Crippen molar-refractivity contribution >= 4 is 0 Å². The zero-order chi connectivity index (χ0) is 9.47. The van der Waals surface area contributed by atoms with Crippen molar-refractivity contribution in [2.75, 3.05) is 13.2 Å². The molecule has 2 aliphatic heterocycles. The minimum Gasteiger partial charge on any atom is -0.384 e. The van der Waals surface area contributed by atoms with Crippen LogP contribution in [-0.4, -0.2) is 41.4 Å². The third-order valence-electron chi connectivity index (χ3n) is 2.95. The minimum atomic E-state index is -0.945. The van der Waals surface area contributed by atoms with Crippen molar-refractivity contribution in [2.45, 2.75) is 37.8 Å². The second-order valence-corrected chi connectivity index (χ2v) is 3.97. The molecule has 76 valence electrons. The third kappa shape index (κ3) is 1.38. The molecule has 2 fully saturated rings. The van der Waals surface area contributed by atoms with E-state index in [9.17, 15) is 10.2 Å². The van der Waals surface area contributed by atoms with Crippen molar-refractivity contribution in [3.05, 3.63) is 0 Å². The number of aliphatic hydroxyl groups excluding tert-OH is 1. The number of hydrogen-bond donors (Lipinski definition) is 2. The number of aliphatic hydroxyl groups is 2. The minimum absolute atomic E-state index is 0.0486. The highest BCUT2D eigenvalue weighted by Gasteiger charge is 2.56. The predicted octanol–water partition coefficient (Wildman–Crippen LogP) is -0.119. The van der Waals surface area contributed by atoms with Gasteiger partial charge in [-0.15, -0.1) is 0 Å². The zero-order valence-corrected chi connectivity index (χ0v) is 7.77. The molecule has 0 aromatic heterocycles. The lowest BCUT2D eigenvalue weighted by Crippen LogP contribution is -2.40. The summed E-state index contributed by atoms with van der Waals surface area (Å²) in [7, 11) is 0. The Morgan fingerprint density at radius 1 is 1.38 bits per heavy atom. The summed E-state index contributed by atoms with van der Waals surface area (Å²) in [6, 6.07) is 0. The highest BCUT2D eigenvalue weighted by Crippen LogP contribution is 2.41. The van der Waals surface area contributed by atoms with Crippen LogP contribution in [0.1, 0.15) is 19.8 Å². The Labute approximate surface area is 77.5 Å². The summed E-state index contributed by atoms with van der Waals surface area (Å²) in [4.78, 5) is 0. The Kier molecular flexibility index (Phi) is 2.32. The van der Waals surface area contributed by atoms with Gasteiger partial charge in [0.2, 0.25) is 0 Å². The van der Waals surface area contributed by atoms with E-state index in [4.69, 9.17) is 9.47 Å². The quantitative estimate of drug-likeness (QED) is 0.634. The average Bonchev–Trinajstić information content (AvgIpc) is 2.54. The standard InChI is InChI=1S/C9H16O4/c1-2-3-6-7-8(10)13-5-9(7,11)4-12-6/h6-8,10-11H,2-5H2,1H3/t6-,7+,8?,9+/m0/s1. The van der Waals surface area contributed by atoms with Crippen molar-refractivity contribution in [3.8, 4) is 0 Å². The molecule has 2 rings (SSSR count). The van der Waals surface area contributed by atoms with Gasteiger partial charge in [-0.3, -0.25) is 0 Å². The van der Waals surface area contributed by atoms with Gasteiger partial charge in [0.25, 0.3) is 0 Å². The topological polar surface area (TPSA) is 58.9 Å². The van der Waals surface area contributed by atoms with Gasteiger partial charge in [-0.2, -0.15) is 0 Å². The fraction of sp³-hybridized carbons (Fsp3) is 1.00. The fourth-order valence-electron chi connectivity index (χ4n) is 2.26. The summed E-state index contributed by atoms with van der Waals surface area (Å²) in [6.07, 6.45) is 0.953. The maximum atomic E-state index is 9.99. The second kappa shape index (κ2) is 3.20. The first-order chi connectivity index (χ1) is 6.17. The van der Waals surface area contributed by atoms with E-state index in [-0.39, 0.29) is 18.6 Å².